The molecule has 0 fully saturated rings. The molecule has 24 heavy (non-hydrogen) atoms. The van der Waals surface area contributed by atoms with E-state index >= 15 is 0 Å². The molecule has 0 aromatic heterocycles. The third-order valence-corrected chi connectivity index (χ3v) is 3.67. The molecule has 2 aromatic rings. The van der Waals surface area contributed by atoms with Gasteiger partial charge in [0, 0.05) is 5.56 Å². The number of ether oxygens (including phenoxy) is 2. The van der Waals surface area contributed by atoms with Crippen LogP contribution in [0.2, 0.25) is 5.02 Å². The lowest BCUT2D eigenvalue weighted by molar-refractivity contribution is -0.120. The minimum Gasteiger partial charge on any atom is -0.493 e. The first-order valence-corrected chi connectivity index (χ1v) is 7.42. The predicted octanol–water partition coefficient (Wildman–Crippen LogP) is 2.31. The van der Waals surface area contributed by atoms with Crippen molar-refractivity contribution in [2.75, 3.05) is 14.2 Å². The van der Waals surface area contributed by atoms with Crippen LogP contribution in [0.3, 0.4) is 0 Å². The molecule has 7 heteroatoms. The van der Waals surface area contributed by atoms with E-state index in [9.17, 15) is 9.59 Å². The molecule has 0 unspecified atom stereocenters. The van der Waals surface area contributed by atoms with Gasteiger partial charge in [0.1, 0.15) is 6.04 Å². The Labute approximate surface area is 144 Å². The summed E-state index contributed by atoms with van der Waals surface area (Å²) >= 11 is 6.10. The summed E-state index contributed by atoms with van der Waals surface area (Å²) < 4.78 is 10.3. The van der Waals surface area contributed by atoms with Crippen molar-refractivity contribution in [2.24, 2.45) is 5.73 Å². The average molecular weight is 349 g/mol. The number of amides is 2. The number of benzene rings is 2. The highest BCUT2D eigenvalue weighted by molar-refractivity contribution is 6.32. The summed E-state index contributed by atoms with van der Waals surface area (Å²) in [5.74, 6) is -0.539. The number of rotatable bonds is 6. The Morgan fingerprint density at radius 2 is 1.79 bits per heavy atom. The van der Waals surface area contributed by atoms with Gasteiger partial charge in [0.2, 0.25) is 5.91 Å². The predicted molar refractivity (Wildman–Crippen MR) is 90.4 cm³/mol. The molecule has 126 valence electrons. The summed E-state index contributed by atoms with van der Waals surface area (Å²) in [5, 5.41) is 2.82. The topological polar surface area (TPSA) is 90.6 Å². The fourth-order valence-electron chi connectivity index (χ4n) is 2.23. The molecule has 2 aromatic carbocycles. The van der Waals surface area contributed by atoms with E-state index in [1.807, 2.05) is 0 Å². The molecule has 1 atom stereocenters. The molecule has 2 amide bonds. The SMILES string of the molecule is COc1cc(C(=O)N[C@H](C(N)=O)c2ccccc2)cc(Cl)c1OC. The standard InChI is InChI=1S/C17H17ClN2O4/c1-23-13-9-11(8-12(18)15(13)24-2)17(22)20-14(16(19)21)10-6-4-3-5-7-10/h3-9,14H,1-2H3,(H2,19,21)(H,20,22)/t14-/m0/s1. The maximum Gasteiger partial charge on any atom is 0.252 e. The average Bonchev–Trinajstić information content (AvgIpc) is 2.59. The van der Waals surface area contributed by atoms with E-state index in [1.54, 1.807) is 30.3 Å². The smallest absolute Gasteiger partial charge is 0.252 e. The maximum atomic E-state index is 12.5. The highest BCUT2D eigenvalue weighted by Crippen LogP contribution is 2.36. The van der Waals surface area contributed by atoms with Gasteiger partial charge in [0.15, 0.2) is 11.5 Å². The zero-order chi connectivity index (χ0) is 17.7. The van der Waals surface area contributed by atoms with Gasteiger partial charge in [0.25, 0.3) is 5.91 Å². The number of methoxy groups -OCH3 is 2. The third kappa shape index (κ3) is 3.78. The van der Waals surface area contributed by atoms with E-state index in [0.29, 0.717) is 17.1 Å². The van der Waals surface area contributed by atoms with Crippen LogP contribution < -0.4 is 20.5 Å². The summed E-state index contributed by atoms with van der Waals surface area (Å²) in [6, 6.07) is 10.7. The molecule has 0 aliphatic rings. The Morgan fingerprint density at radius 1 is 1.12 bits per heavy atom. The fourth-order valence-corrected chi connectivity index (χ4v) is 2.52. The molecule has 0 heterocycles. The van der Waals surface area contributed by atoms with Gasteiger partial charge in [-0.2, -0.15) is 0 Å². The highest BCUT2D eigenvalue weighted by Gasteiger charge is 2.22. The number of primary amides is 1. The first-order chi connectivity index (χ1) is 11.5. The molecule has 2 rings (SSSR count). The van der Waals surface area contributed by atoms with Gasteiger partial charge in [-0.3, -0.25) is 9.59 Å². The van der Waals surface area contributed by atoms with Gasteiger partial charge < -0.3 is 20.5 Å². The normalized spacial score (nSPS) is 11.5. The summed E-state index contributed by atoms with van der Waals surface area (Å²) in [4.78, 5) is 24.2. The van der Waals surface area contributed by atoms with Crippen LogP contribution in [0.4, 0.5) is 0 Å². The molecule has 3 N–H and O–H groups in total. The van der Waals surface area contributed by atoms with Crippen molar-refractivity contribution in [2.45, 2.75) is 6.04 Å². The zero-order valence-corrected chi connectivity index (χ0v) is 14.0. The van der Waals surface area contributed by atoms with Crippen LogP contribution in [-0.4, -0.2) is 26.0 Å². The lowest BCUT2D eigenvalue weighted by Gasteiger charge is -2.17. The minimum absolute atomic E-state index is 0.220. The van der Waals surface area contributed by atoms with Gasteiger partial charge in [0.05, 0.1) is 19.2 Å². The Kier molecular flexibility index (Phi) is 5.65. The molecule has 6 nitrogen and oxygen atoms in total. The number of nitrogens with two attached hydrogens (primary N) is 1. The van der Waals surface area contributed by atoms with Crippen LogP contribution >= 0.6 is 11.6 Å². The van der Waals surface area contributed by atoms with E-state index in [1.165, 1.54) is 26.4 Å². The molecule has 0 saturated heterocycles. The Hall–Kier alpha value is -2.73. The Balaban J connectivity index is 2.31. The van der Waals surface area contributed by atoms with Crippen LogP contribution in [0, 0.1) is 0 Å². The molecule has 0 bridgehead atoms. The summed E-state index contributed by atoms with van der Waals surface area (Å²) in [7, 11) is 2.88. The molecular formula is C17H17ClN2O4. The van der Waals surface area contributed by atoms with Crippen LogP contribution in [0.15, 0.2) is 42.5 Å². The fraction of sp³-hybridized carbons (Fsp3) is 0.176. The molecular weight excluding hydrogens is 332 g/mol. The van der Waals surface area contributed by atoms with Crippen molar-refractivity contribution < 1.29 is 19.1 Å². The first kappa shape index (κ1) is 17.6. The zero-order valence-electron chi connectivity index (χ0n) is 13.2. The lowest BCUT2D eigenvalue weighted by Crippen LogP contribution is -2.37. The number of halogens is 1. The van der Waals surface area contributed by atoms with Crippen molar-refractivity contribution >= 4 is 23.4 Å². The van der Waals surface area contributed by atoms with Gasteiger partial charge in [-0.15, -0.1) is 0 Å². The maximum absolute atomic E-state index is 12.5. The van der Waals surface area contributed by atoms with Gasteiger partial charge in [-0.1, -0.05) is 41.9 Å². The lowest BCUT2D eigenvalue weighted by atomic mass is 10.1. The molecule has 0 aliphatic carbocycles. The molecule has 0 spiro atoms. The van der Waals surface area contributed by atoms with Crippen LogP contribution in [0.1, 0.15) is 22.0 Å². The number of carbonyl (C=O) groups is 2. The summed E-state index contributed by atoms with van der Waals surface area (Å²) in [5.41, 5.74) is 6.21. The second-order valence-corrected chi connectivity index (χ2v) is 5.32. The van der Waals surface area contributed by atoms with Gasteiger partial charge in [-0.05, 0) is 17.7 Å². The van der Waals surface area contributed by atoms with Crippen LogP contribution in [-0.2, 0) is 4.79 Å². The number of carbonyl (C=O) groups excluding carboxylic acids is 2. The van der Waals surface area contributed by atoms with Crippen molar-refractivity contribution in [3.8, 4) is 11.5 Å². The van der Waals surface area contributed by atoms with Crippen molar-refractivity contribution in [1.29, 1.82) is 0 Å². The quantitative estimate of drug-likeness (QED) is 0.838. The van der Waals surface area contributed by atoms with Crippen molar-refractivity contribution in [3.63, 3.8) is 0 Å². The second kappa shape index (κ2) is 7.70. The van der Waals surface area contributed by atoms with E-state index in [2.05, 4.69) is 5.32 Å². The van der Waals surface area contributed by atoms with Crippen LogP contribution in [0.5, 0.6) is 11.5 Å². The molecule has 0 aliphatic heterocycles. The van der Waals surface area contributed by atoms with Gasteiger partial charge >= 0.3 is 0 Å². The monoisotopic (exact) mass is 348 g/mol. The molecule has 0 radical (unpaired) electrons. The largest absolute Gasteiger partial charge is 0.493 e. The highest BCUT2D eigenvalue weighted by atomic mass is 35.5. The Bertz CT molecular complexity index is 750. The number of hydrogen-bond donors (Lipinski definition) is 2. The number of nitrogens with one attached hydrogen (secondary N) is 1. The summed E-state index contributed by atoms with van der Waals surface area (Å²) in [6.07, 6.45) is 0. The molecule has 0 saturated carbocycles. The van der Waals surface area contributed by atoms with E-state index in [0.717, 1.165) is 0 Å². The van der Waals surface area contributed by atoms with E-state index in [-0.39, 0.29) is 10.6 Å². The van der Waals surface area contributed by atoms with E-state index < -0.39 is 17.9 Å². The van der Waals surface area contributed by atoms with E-state index in [4.69, 9.17) is 26.8 Å². The third-order valence-electron chi connectivity index (χ3n) is 3.39. The van der Waals surface area contributed by atoms with Gasteiger partial charge in [-0.25, -0.2) is 0 Å². The van der Waals surface area contributed by atoms with Crippen molar-refractivity contribution in [3.05, 3.63) is 58.6 Å². The second-order valence-electron chi connectivity index (χ2n) is 4.91. The summed E-state index contributed by atoms with van der Waals surface area (Å²) in [6.45, 7) is 0. The Morgan fingerprint density at radius 3 is 2.33 bits per heavy atom. The number of hydrogen-bond acceptors (Lipinski definition) is 4. The first-order valence-electron chi connectivity index (χ1n) is 7.04. The van der Waals surface area contributed by atoms with Crippen molar-refractivity contribution in [1.82, 2.24) is 5.32 Å². The van der Waals surface area contributed by atoms with Crippen LogP contribution in [0.25, 0.3) is 0 Å². The minimum atomic E-state index is -0.953.